The minimum atomic E-state index is -0.0975. The molecule has 0 unspecified atom stereocenters. The molecule has 0 N–H and O–H groups in total. The van der Waals surface area contributed by atoms with Crippen LogP contribution < -0.4 is 4.90 Å². The van der Waals surface area contributed by atoms with E-state index in [0.717, 1.165) is 11.4 Å². The van der Waals surface area contributed by atoms with Gasteiger partial charge in [0.15, 0.2) is 0 Å². The molecule has 55 heavy (non-hydrogen) atoms. The van der Waals surface area contributed by atoms with Crippen LogP contribution in [-0.2, 0) is 5.41 Å². The second-order valence-corrected chi connectivity index (χ2v) is 16.4. The van der Waals surface area contributed by atoms with E-state index in [1.807, 2.05) is 11.3 Å². The maximum atomic E-state index is 2.47. The van der Waals surface area contributed by atoms with Gasteiger partial charge in [0, 0.05) is 42.5 Å². The van der Waals surface area contributed by atoms with Crippen LogP contribution in [-0.4, -0.2) is 0 Å². The first-order chi connectivity index (χ1) is 27.0. The van der Waals surface area contributed by atoms with E-state index >= 15 is 0 Å². The standard InChI is InChI=1S/C53H37NS/c1-53(2)47-20-7-5-18-45(47)52-48(53)21-11-22-49(52)54(41-15-9-14-38(31-41)43-19-10-13-35-12-3-4-16-42(35)43)40-28-26-34(27-29-40)36-24-25-37-32-46-44-17-6-8-23-50(44)55-51(46)33-39(37)30-36/h3-33H,1-2H3. The van der Waals surface area contributed by atoms with Gasteiger partial charge in [-0.2, -0.15) is 0 Å². The third kappa shape index (κ3) is 5.06. The Balaban J connectivity index is 1.06. The molecular weight excluding hydrogens is 683 g/mol. The van der Waals surface area contributed by atoms with Crippen LogP contribution in [0, 0.1) is 0 Å². The maximum absolute atomic E-state index is 2.47. The zero-order valence-electron chi connectivity index (χ0n) is 30.8. The van der Waals surface area contributed by atoms with Gasteiger partial charge in [-0.25, -0.2) is 0 Å². The van der Waals surface area contributed by atoms with Crippen molar-refractivity contribution >= 4 is 70.1 Å². The summed E-state index contributed by atoms with van der Waals surface area (Å²) in [6.45, 7) is 4.72. The molecule has 2 heteroatoms. The van der Waals surface area contributed by atoms with Crippen molar-refractivity contribution in [2.45, 2.75) is 19.3 Å². The van der Waals surface area contributed by atoms with Crippen molar-refractivity contribution in [2.24, 2.45) is 0 Å². The van der Waals surface area contributed by atoms with Gasteiger partial charge in [-0.1, -0.05) is 147 Å². The molecule has 0 amide bonds. The lowest BCUT2D eigenvalue weighted by molar-refractivity contribution is 0.660. The first-order valence-corrected chi connectivity index (χ1v) is 19.9. The summed E-state index contributed by atoms with van der Waals surface area (Å²) in [5.74, 6) is 0. The van der Waals surface area contributed by atoms with Crippen LogP contribution in [0.4, 0.5) is 17.1 Å². The van der Waals surface area contributed by atoms with Gasteiger partial charge in [0.2, 0.25) is 0 Å². The molecule has 0 atom stereocenters. The molecule has 0 saturated carbocycles. The third-order valence-corrected chi connectivity index (χ3v) is 13.0. The van der Waals surface area contributed by atoms with Crippen LogP contribution >= 0.6 is 11.3 Å². The van der Waals surface area contributed by atoms with Gasteiger partial charge >= 0.3 is 0 Å². The van der Waals surface area contributed by atoms with E-state index in [1.54, 1.807) is 0 Å². The maximum Gasteiger partial charge on any atom is 0.0543 e. The summed E-state index contributed by atoms with van der Waals surface area (Å²) in [7, 11) is 0. The van der Waals surface area contributed by atoms with Crippen LogP contribution in [0.25, 0.3) is 75.1 Å². The van der Waals surface area contributed by atoms with Crippen molar-refractivity contribution < 1.29 is 0 Å². The molecule has 10 aromatic rings. The molecule has 0 fully saturated rings. The highest BCUT2D eigenvalue weighted by atomic mass is 32.1. The lowest BCUT2D eigenvalue weighted by atomic mass is 9.82. The van der Waals surface area contributed by atoms with E-state index in [1.165, 1.54) is 91.9 Å². The molecule has 0 spiro atoms. The van der Waals surface area contributed by atoms with Crippen molar-refractivity contribution in [3.05, 3.63) is 199 Å². The van der Waals surface area contributed by atoms with E-state index in [-0.39, 0.29) is 5.41 Å². The fraction of sp³-hybridized carbons (Fsp3) is 0.0566. The molecule has 0 radical (unpaired) electrons. The highest BCUT2D eigenvalue weighted by molar-refractivity contribution is 7.25. The summed E-state index contributed by atoms with van der Waals surface area (Å²) in [5.41, 5.74) is 13.6. The molecule has 0 aliphatic heterocycles. The number of nitrogens with zero attached hydrogens (tertiary/aromatic N) is 1. The van der Waals surface area contributed by atoms with Crippen LogP contribution in [0.5, 0.6) is 0 Å². The molecule has 11 rings (SSSR count). The Morgan fingerprint density at radius 2 is 1.11 bits per heavy atom. The van der Waals surface area contributed by atoms with E-state index in [0.29, 0.717) is 0 Å². The van der Waals surface area contributed by atoms with Crippen molar-refractivity contribution in [3.63, 3.8) is 0 Å². The fourth-order valence-corrected chi connectivity index (χ4v) is 10.2. The number of anilines is 3. The summed E-state index contributed by atoms with van der Waals surface area (Å²) in [4.78, 5) is 2.47. The van der Waals surface area contributed by atoms with Crippen LogP contribution in [0.2, 0.25) is 0 Å². The van der Waals surface area contributed by atoms with Crippen molar-refractivity contribution in [1.82, 2.24) is 0 Å². The van der Waals surface area contributed by atoms with E-state index in [2.05, 4.69) is 207 Å². The van der Waals surface area contributed by atoms with Crippen LogP contribution in [0.3, 0.4) is 0 Å². The Kier molecular flexibility index (Phi) is 7.14. The first kappa shape index (κ1) is 32.0. The monoisotopic (exact) mass is 719 g/mol. The molecular formula is C53H37NS. The summed E-state index contributed by atoms with van der Waals surface area (Å²) in [6.07, 6.45) is 0. The van der Waals surface area contributed by atoms with Crippen molar-refractivity contribution in [3.8, 4) is 33.4 Å². The Morgan fingerprint density at radius 3 is 2.02 bits per heavy atom. The smallest absolute Gasteiger partial charge is 0.0543 e. The highest BCUT2D eigenvalue weighted by Crippen LogP contribution is 2.54. The summed E-state index contributed by atoms with van der Waals surface area (Å²) in [6, 6.07) is 69.7. The Hall–Kier alpha value is -6.48. The van der Waals surface area contributed by atoms with Crippen molar-refractivity contribution in [2.75, 3.05) is 4.90 Å². The van der Waals surface area contributed by atoms with Gasteiger partial charge in [0.25, 0.3) is 0 Å². The Morgan fingerprint density at radius 1 is 0.400 bits per heavy atom. The van der Waals surface area contributed by atoms with Gasteiger partial charge < -0.3 is 4.90 Å². The minimum Gasteiger partial charge on any atom is -0.310 e. The van der Waals surface area contributed by atoms with Crippen LogP contribution in [0.15, 0.2) is 188 Å². The van der Waals surface area contributed by atoms with E-state index < -0.39 is 0 Å². The van der Waals surface area contributed by atoms with E-state index in [9.17, 15) is 0 Å². The first-order valence-electron chi connectivity index (χ1n) is 19.1. The molecule has 1 nitrogen and oxygen atoms in total. The lowest BCUT2D eigenvalue weighted by Crippen LogP contribution is -2.16. The molecule has 0 saturated heterocycles. The SMILES string of the molecule is CC1(C)c2ccccc2-c2c(N(c3ccc(-c4ccc5cc6c(cc5c4)sc4ccccc46)cc3)c3cccc(-c4cccc5ccccc45)c3)cccc21. The minimum absolute atomic E-state index is 0.0975. The Bertz CT molecular complexity index is 3120. The lowest BCUT2D eigenvalue weighted by Gasteiger charge is -2.29. The molecule has 9 aromatic carbocycles. The number of rotatable bonds is 5. The summed E-state index contributed by atoms with van der Waals surface area (Å²) >= 11 is 1.88. The molecule has 0 bridgehead atoms. The molecule has 1 aliphatic rings. The van der Waals surface area contributed by atoms with Gasteiger partial charge in [0.05, 0.1) is 5.69 Å². The molecule has 260 valence electrons. The number of hydrogen-bond acceptors (Lipinski definition) is 2. The Labute approximate surface area is 325 Å². The van der Waals surface area contributed by atoms with Gasteiger partial charge in [-0.15, -0.1) is 11.3 Å². The van der Waals surface area contributed by atoms with E-state index in [4.69, 9.17) is 0 Å². The van der Waals surface area contributed by atoms with Gasteiger partial charge in [-0.3, -0.25) is 0 Å². The predicted molar refractivity (Wildman–Crippen MR) is 237 cm³/mol. The second-order valence-electron chi connectivity index (χ2n) is 15.3. The average Bonchev–Trinajstić information content (AvgIpc) is 3.71. The third-order valence-electron chi connectivity index (χ3n) is 11.8. The zero-order valence-corrected chi connectivity index (χ0v) is 31.6. The van der Waals surface area contributed by atoms with Gasteiger partial charge in [0.1, 0.15) is 0 Å². The number of fused-ring (bicyclic) bond motifs is 8. The van der Waals surface area contributed by atoms with Crippen LogP contribution in [0.1, 0.15) is 25.0 Å². The average molecular weight is 720 g/mol. The predicted octanol–water partition coefficient (Wildman–Crippen LogP) is 15.5. The number of benzene rings is 9. The number of thiophene rings is 1. The van der Waals surface area contributed by atoms with Gasteiger partial charge in [-0.05, 0) is 115 Å². The molecule has 1 aromatic heterocycles. The van der Waals surface area contributed by atoms with Crippen molar-refractivity contribution in [1.29, 1.82) is 0 Å². The highest BCUT2D eigenvalue weighted by Gasteiger charge is 2.37. The normalized spacial score (nSPS) is 13.1. The second kappa shape index (κ2) is 12.3. The quantitative estimate of drug-likeness (QED) is 0.171. The fourth-order valence-electron chi connectivity index (χ4n) is 9.09. The molecule has 1 heterocycles. The summed E-state index contributed by atoms with van der Waals surface area (Å²) < 4.78 is 2.68. The number of hydrogen-bond donors (Lipinski definition) is 0. The molecule has 1 aliphatic carbocycles. The zero-order chi connectivity index (χ0) is 36.7. The summed E-state index contributed by atoms with van der Waals surface area (Å²) in [5, 5.41) is 7.74. The topological polar surface area (TPSA) is 3.24 Å². The largest absolute Gasteiger partial charge is 0.310 e.